The van der Waals surface area contributed by atoms with Crippen LogP contribution >= 0.6 is 0 Å². The van der Waals surface area contributed by atoms with Crippen molar-refractivity contribution in [3.8, 4) is 0 Å². The number of H-pyrrole nitrogens is 2. The third-order valence-corrected chi connectivity index (χ3v) is 6.35. The number of allylic oxidation sites excluding steroid dienone is 1. The molecule has 2 aromatic heterocycles. The van der Waals surface area contributed by atoms with Crippen LogP contribution in [0.3, 0.4) is 0 Å². The van der Waals surface area contributed by atoms with E-state index in [1.54, 1.807) is 17.2 Å². The van der Waals surface area contributed by atoms with Gasteiger partial charge in [0, 0.05) is 59.2 Å². The number of nitrogens with zero attached hydrogens (tertiary/aromatic N) is 2. The molecular formula is C28H35N5O. The monoisotopic (exact) mass is 457 g/mol. The van der Waals surface area contributed by atoms with Gasteiger partial charge in [0.2, 0.25) is 5.91 Å². The fourth-order valence-corrected chi connectivity index (χ4v) is 3.97. The van der Waals surface area contributed by atoms with Gasteiger partial charge in [-0.15, -0.1) is 0 Å². The Bertz CT molecular complexity index is 1340. The molecule has 6 heteroatoms. The molecule has 0 bridgehead atoms. The summed E-state index contributed by atoms with van der Waals surface area (Å²) < 4.78 is 0. The van der Waals surface area contributed by atoms with Crippen molar-refractivity contribution >= 4 is 35.2 Å². The number of benzene rings is 1. The number of amides is 1. The zero-order valence-electron chi connectivity index (χ0n) is 20.7. The Morgan fingerprint density at radius 2 is 2.00 bits per heavy atom. The molecule has 1 atom stereocenters. The minimum absolute atomic E-state index is 0.0630. The van der Waals surface area contributed by atoms with Crippen molar-refractivity contribution < 1.29 is 4.79 Å². The molecule has 1 unspecified atom stereocenters. The van der Waals surface area contributed by atoms with Gasteiger partial charge < -0.3 is 25.1 Å². The second-order valence-corrected chi connectivity index (χ2v) is 8.57. The zero-order valence-corrected chi connectivity index (χ0v) is 20.7. The predicted molar refractivity (Wildman–Crippen MR) is 144 cm³/mol. The van der Waals surface area contributed by atoms with Crippen molar-refractivity contribution in [1.29, 1.82) is 0 Å². The number of aromatic nitrogens is 2. The molecule has 0 saturated heterocycles. The summed E-state index contributed by atoms with van der Waals surface area (Å²) in [5, 5.41) is 6.11. The van der Waals surface area contributed by atoms with Gasteiger partial charge in [-0.3, -0.25) is 4.79 Å². The number of likely N-dealkylation sites (N-methyl/N-ethyl adjacent to an activating group) is 1. The molecule has 3 aromatic rings. The average Bonchev–Trinajstić information content (AvgIpc) is 3.34. The van der Waals surface area contributed by atoms with Crippen molar-refractivity contribution in [2.45, 2.75) is 26.8 Å². The van der Waals surface area contributed by atoms with Gasteiger partial charge in [-0.25, -0.2) is 0 Å². The third kappa shape index (κ3) is 5.01. The number of carbonyl (C=O) groups is 1. The van der Waals surface area contributed by atoms with Crippen molar-refractivity contribution in [3.63, 3.8) is 0 Å². The quantitative estimate of drug-likeness (QED) is 0.409. The number of carbonyl (C=O) groups excluding carboxylic acids is 1. The van der Waals surface area contributed by atoms with E-state index in [0.717, 1.165) is 38.4 Å². The topological polar surface area (TPSA) is 67.2 Å². The number of rotatable bonds is 10. The third-order valence-electron chi connectivity index (χ3n) is 6.35. The van der Waals surface area contributed by atoms with E-state index in [-0.39, 0.29) is 11.9 Å². The molecule has 0 aliphatic carbocycles. The van der Waals surface area contributed by atoms with E-state index in [1.807, 2.05) is 25.1 Å². The highest BCUT2D eigenvalue weighted by Gasteiger charge is 2.18. The number of anilines is 1. The Hall–Kier alpha value is -3.93. The molecule has 1 amide bonds. The van der Waals surface area contributed by atoms with Gasteiger partial charge >= 0.3 is 0 Å². The second kappa shape index (κ2) is 10.3. The summed E-state index contributed by atoms with van der Waals surface area (Å²) in [5.41, 5.74) is 6.12. The summed E-state index contributed by atoms with van der Waals surface area (Å²) >= 11 is 0. The van der Waals surface area contributed by atoms with Crippen LogP contribution in [0.1, 0.15) is 23.7 Å². The smallest absolute Gasteiger partial charge is 0.242 e. The lowest BCUT2D eigenvalue weighted by molar-refractivity contribution is -0.124. The molecule has 0 spiro atoms. The Kier molecular flexibility index (Phi) is 7.51. The molecule has 0 saturated carbocycles. The van der Waals surface area contributed by atoms with Gasteiger partial charge in [0.25, 0.3) is 0 Å². The van der Waals surface area contributed by atoms with Crippen LogP contribution in [0.15, 0.2) is 62.1 Å². The van der Waals surface area contributed by atoms with Crippen LogP contribution in [0.2, 0.25) is 0 Å². The highest BCUT2D eigenvalue weighted by Crippen LogP contribution is 2.23. The Labute approximate surface area is 201 Å². The summed E-state index contributed by atoms with van der Waals surface area (Å²) in [5.74, 6) is -0.0630. The number of aryl methyl sites for hydroxylation is 1. The minimum atomic E-state index is -0.338. The van der Waals surface area contributed by atoms with Crippen molar-refractivity contribution in [2.75, 3.05) is 25.0 Å². The van der Waals surface area contributed by atoms with Gasteiger partial charge in [-0.05, 0) is 56.8 Å². The van der Waals surface area contributed by atoms with Crippen LogP contribution in [0.5, 0.6) is 0 Å². The zero-order chi connectivity index (χ0) is 25.0. The molecule has 3 rings (SSSR count). The molecule has 0 aliphatic heterocycles. The maximum atomic E-state index is 12.5. The standard InChI is InChI=1S/C28H35N5O/c1-9-19(4)32(8)22(7)28(34)29-13-14-33(10-2)27-17-30-26(20(27)5)16-23-21(6)31-25-12-11-18(3)15-24(23)25/h9-12,15-17,22,30-31H,1-2,4,6,13-14H2,3,5,7-8H3,(H,29,34)/b23-16+. The number of aromatic amines is 2. The first kappa shape index (κ1) is 24.7. The molecule has 0 fully saturated rings. The van der Waals surface area contributed by atoms with Crippen LogP contribution < -0.4 is 20.8 Å². The van der Waals surface area contributed by atoms with E-state index in [1.165, 1.54) is 5.56 Å². The molecule has 34 heavy (non-hydrogen) atoms. The predicted octanol–water partition coefficient (Wildman–Crippen LogP) is 3.44. The van der Waals surface area contributed by atoms with E-state index in [9.17, 15) is 4.79 Å². The molecule has 1 aromatic carbocycles. The highest BCUT2D eigenvalue weighted by atomic mass is 16.2. The van der Waals surface area contributed by atoms with Crippen molar-refractivity contribution in [2.24, 2.45) is 0 Å². The number of fused-ring (bicyclic) bond motifs is 1. The SMILES string of the molecule is C=CC(=C)N(C)C(C)C(=O)NCCN(C=C)c1c[nH]c(/C=c2\c(=C)[nH]c3ccc(C)cc23)c1C. The van der Waals surface area contributed by atoms with Crippen LogP contribution in [0, 0.1) is 13.8 Å². The maximum absolute atomic E-state index is 12.5. The van der Waals surface area contributed by atoms with Gasteiger partial charge in [-0.2, -0.15) is 0 Å². The van der Waals surface area contributed by atoms with Crippen LogP contribution in [-0.4, -0.2) is 47.0 Å². The first-order valence-electron chi connectivity index (χ1n) is 11.4. The molecule has 0 radical (unpaired) electrons. The maximum Gasteiger partial charge on any atom is 0.242 e. The number of hydrogen-bond donors (Lipinski definition) is 3. The van der Waals surface area contributed by atoms with Crippen LogP contribution in [-0.2, 0) is 4.79 Å². The molecular weight excluding hydrogens is 422 g/mol. The molecule has 178 valence electrons. The Morgan fingerprint density at radius 1 is 1.26 bits per heavy atom. The molecule has 6 nitrogen and oxygen atoms in total. The summed E-state index contributed by atoms with van der Waals surface area (Å²) in [4.78, 5) is 23.1. The fraction of sp³-hybridized carbons (Fsp3) is 0.250. The lowest BCUT2D eigenvalue weighted by Crippen LogP contribution is -2.44. The molecule has 2 heterocycles. The molecule has 0 aliphatic rings. The van der Waals surface area contributed by atoms with E-state index in [2.05, 4.69) is 79.7 Å². The van der Waals surface area contributed by atoms with Crippen molar-refractivity contribution in [3.05, 3.63) is 89.5 Å². The summed E-state index contributed by atoms with van der Waals surface area (Å²) in [6.07, 6.45) is 7.52. The average molecular weight is 458 g/mol. The fourth-order valence-electron chi connectivity index (χ4n) is 3.97. The summed E-state index contributed by atoms with van der Waals surface area (Å²) in [6, 6.07) is 6.01. The molecule has 3 N–H and O–H groups in total. The normalized spacial score (nSPS) is 12.4. The van der Waals surface area contributed by atoms with Gasteiger partial charge in [0.05, 0.1) is 5.69 Å². The van der Waals surface area contributed by atoms with Crippen molar-refractivity contribution in [1.82, 2.24) is 20.2 Å². The van der Waals surface area contributed by atoms with Crippen LogP contribution in [0.4, 0.5) is 5.69 Å². The largest absolute Gasteiger partial charge is 0.363 e. The van der Waals surface area contributed by atoms with Crippen LogP contribution in [0.25, 0.3) is 23.6 Å². The summed E-state index contributed by atoms with van der Waals surface area (Å²) in [6.45, 7) is 22.9. The highest BCUT2D eigenvalue weighted by molar-refractivity contribution is 5.83. The van der Waals surface area contributed by atoms with Gasteiger partial charge in [-0.1, -0.05) is 37.9 Å². The first-order chi connectivity index (χ1) is 16.2. The summed E-state index contributed by atoms with van der Waals surface area (Å²) in [7, 11) is 1.83. The van der Waals surface area contributed by atoms with Gasteiger partial charge in [0.1, 0.15) is 6.04 Å². The van der Waals surface area contributed by atoms with Gasteiger partial charge in [0.15, 0.2) is 0 Å². The second-order valence-electron chi connectivity index (χ2n) is 8.57. The lowest BCUT2D eigenvalue weighted by Gasteiger charge is -2.27. The van der Waals surface area contributed by atoms with E-state index in [4.69, 9.17) is 0 Å². The lowest BCUT2D eigenvalue weighted by atomic mass is 10.1. The minimum Gasteiger partial charge on any atom is -0.363 e. The Morgan fingerprint density at radius 3 is 2.68 bits per heavy atom. The number of nitrogens with one attached hydrogen (secondary N) is 3. The van der Waals surface area contributed by atoms with E-state index < -0.39 is 0 Å². The number of hydrogen-bond acceptors (Lipinski definition) is 3. The van der Waals surface area contributed by atoms with E-state index in [0.29, 0.717) is 18.8 Å². The Balaban J connectivity index is 1.76. The first-order valence-corrected chi connectivity index (χ1v) is 11.4. The van der Waals surface area contributed by atoms with E-state index >= 15 is 0 Å².